The molecule has 0 aliphatic heterocycles. The van der Waals surface area contributed by atoms with Crippen molar-refractivity contribution in [2.45, 2.75) is 50.9 Å². The Labute approximate surface area is 135 Å². The van der Waals surface area contributed by atoms with Gasteiger partial charge in [0, 0.05) is 6.61 Å². The van der Waals surface area contributed by atoms with Gasteiger partial charge in [-0.15, -0.1) is 0 Å². The Kier molecular flexibility index (Phi) is 5.98. The van der Waals surface area contributed by atoms with E-state index in [-0.39, 0.29) is 6.61 Å². The normalized spacial score (nSPS) is 17.4. The first-order valence-corrected chi connectivity index (χ1v) is 7.91. The summed E-state index contributed by atoms with van der Waals surface area (Å²) in [4.78, 5) is 23.6. The Morgan fingerprint density at radius 1 is 1.26 bits per heavy atom. The van der Waals surface area contributed by atoms with Crippen molar-refractivity contribution in [2.75, 3.05) is 6.61 Å². The van der Waals surface area contributed by atoms with Gasteiger partial charge in [-0.2, -0.15) is 0 Å². The third-order valence-electron chi connectivity index (χ3n) is 4.13. The van der Waals surface area contributed by atoms with E-state index in [1.165, 1.54) is 0 Å². The highest BCUT2D eigenvalue weighted by atomic mass is 16.6. The minimum absolute atomic E-state index is 0.0979. The van der Waals surface area contributed by atoms with E-state index in [4.69, 9.17) is 9.47 Å². The van der Waals surface area contributed by atoms with Crippen LogP contribution in [0.4, 0.5) is 4.79 Å². The fourth-order valence-electron chi connectivity index (χ4n) is 3.08. The molecule has 1 aromatic rings. The van der Waals surface area contributed by atoms with Crippen molar-refractivity contribution >= 4 is 12.1 Å². The molecule has 2 rings (SSSR count). The molecule has 0 spiro atoms. The first kappa shape index (κ1) is 17.3. The average Bonchev–Trinajstić information content (AvgIpc) is 3.01. The monoisotopic (exact) mass is 321 g/mol. The molecule has 1 aliphatic carbocycles. The van der Waals surface area contributed by atoms with Gasteiger partial charge in [0.1, 0.15) is 6.61 Å². The number of amides is 1. The van der Waals surface area contributed by atoms with Crippen LogP contribution in [0.25, 0.3) is 0 Å². The predicted octanol–water partition coefficient (Wildman–Crippen LogP) is 2.72. The Morgan fingerprint density at radius 3 is 2.48 bits per heavy atom. The molecule has 126 valence electrons. The first-order chi connectivity index (χ1) is 11.1. The van der Waals surface area contributed by atoms with E-state index in [1.54, 1.807) is 0 Å². The molecule has 1 atom stereocenters. The van der Waals surface area contributed by atoms with E-state index in [0.717, 1.165) is 18.4 Å². The summed E-state index contributed by atoms with van der Waals surface area (Å²) < 4.78 is 10.8. The topological polar surface area (TPSA) is 84.9 Å². The fraction of sp³-hybridized carbons (Fsp3) is 0.529. The summed E-state index contributed by atoms with van der Waals surface area (Å²) in [6.45, 7) is 2.33. The molecule has 0 heterocycles. The molecule has 6 heteroatoms. The Morgan fingerprint density at radius 2 is 1.91 bits per heavy atom. The molecule has 6 nitrogen and oxygen atoms in total. The lowest BCUT2D eigenvalue weighted by Crippen LogP contribution is -2.57. The van der Waals surface area contributed by atoms with Crippen LogP contribution in [0.15, 0.2) is 30.3 Å². The van der Waals surface area contributed by atoms with E-state index in [0.29, 0.717) is 19.4 Å². The van der Waals surface area contributed by atoms with E-state index in [2.05, 4.69) is 5.32 Å². The molecule has 1 amide bonds. The van der Waals surface area contributed by atoms with Gasteiger partial charge in [0.2, 0.25) is 0 Å². The molecule has 1 unspecified atom stereocenters. The molecule has 2 N–H and O–H groups in total. The fourth-order valence-corrected chi connectivity index (χ4v) is 3.08. The van der Waals surface area contributed by atoms with E-state index >= 15 is 0 Å². The molecule has 23 heavy (non-hydrogen) atoms. The molecule has 0 aromatic heterocycles. The summed E-state index contributed by atoms with van der Waals surface area (Å²) in [6.07, 6.45) is 2.29. The summed E-state index contributed by atoms with van der Waals surface area (Å²) in [7, 11) is 0. The molecule has 1 saturated carbocycles. The van der Waals surface area contributed by atoms with Crippen LogP contribution in [0.5, 0.6) is 0 Å². The van der Waals surface area contributed by atoms with Gasteiger partial charge >= 0.3 is 12.1 Å². The number of alkyl carbamates (subject to hydrolysis) is 1. The molecular weight excluding hydrogens is 298 g/mol. The Hall–Kier alpha value is -2.08. The van der Waals surface area contributed by atoms with Crippen molar-refractivity contribution in [3.63, 3.8) is 0 Å². The summed E-state index contributed by atoms with van der Waals surface area (Å²) in [5, 5.41) is 12.0. The highest BCUT2D eigenvalue weighted by Crippen LogP contribution is 2.36. The van der Waals surface area contributed by atoms with Gasteiger partial charge in [-0.1, -0.05) is 43.2 Å². The molecule has 0 saturated heterocycles. The third-order valence-corrected chi connectivity index (χ3v) is 4.13. The number of carboxylic acid groups (broad SMARTS) is 1. The maximum Gasteiger partial charge on any atom is 0.408 e. The van der Waals surface area contributed by atoms with E-state index in [1.807, 2.05) is 37.3 Å². The van der Waals surface area contributed by atoms with Crippen LogP contribution in [0.1, 0.15) is 38.2 Å². The number of hydrogen-bond acceptors (Lipinski definition) is 4. The number of carbonyl (C=O) groups excluding carboxylic acids is 1. The molecule has 0 radical (unpaired) electrons. The zero-order valence-electron chi connectivity index (χ0n) is 13.3. The molecule has 1 fully saturated rings. The Bertz CT molecular complexity index is 525. The van der Waals surface area contributed by atoms with Gasteiger partial charge in [0.05, 0.1) is 5.60 Å². The standard InChI is InChI=1S/C17H23NO5/c1-2-23-17(10-6-7-11-17)14(15(19)20)18-16(21)22-12-13-8-4-3-5-9-13/h3-5,8-9,14H,2,6-7,10-12H2,1H3,(H,18,21)(H,19,20). The predicted molar refractivity (Wildman–Crippen MR) is 84.0 cm³/mol. The molecule has 0 bridgehead atoms. The van der Waals surface area contributed by atoms with Crippen molar-refractivity contribution < 1.29 is 24.2 Å². The number of hydrogen-bond donors (Lipinski definition) is 2. The minimum Gasteiger partial charge on any atom is -0.480 e. The first-order valence-electron chi connectivity index (χ1n) is 7.91. The molecule has 1 aromatic carbocycles. The van der Waals surface area contributed by atoms with Gasteiger partial charge in [-0.25, -0.2) is 9.59 Å². The number of aliphatic carboxylic acids is 1. The number of rotatable bonds is 7. The van der Waals surface area contributed by atoms with Crippen molar-refractivity contribution in [3.05, 3.63) is 35.9 Å². The zero-order chi connectivity index (χ0) is 16.7. The van der Waals surface area contributed by atoms with Crippen LogP contribution in [0.3, 0.4) is 0 Å². The van der Waals surface area contributed by atoms with Crippen molar-refractivity contribution in [1.29, 1.82) is 0 Å². The van der Waals surface area contributed by atoms with Crippen LogP contribution in [-0.2, 0) is 20.9 Å². The third kappa shape index (κ3) is 4.45. The molecular formula is C17H23NO5. The lowest BCUT2D eigenvalue weighted by molar-refractivity contribution is -0.151. The van der Waals surface area contributed by atoms with Crippen molar-refractivity contribution in [1.82, 2.24) is 5.32 Å². The lowest BCUT2D eigenvalue weighted by Gasteiger charge is -2.34. The van der Waals surface area contributed by atoms with Gasteiger partial charge in [-0.3, -0.25) is 0 Å². The van der Waals surface area contributed by atoms with Crippen LogP contribution in [-0.4, -0.2) is 35.4 Å². The van der Waals surface area contributed by atoms with Crippen molar-refractivity contribution in [3.8, 4) is 0 Å². The second-order valence-electron chi connectivity index (χ2n) is 5.68. The highest BCUT2D eigenvalue weighted by molar-refractivity contribution is 5.81. The summed E-state index contributed by atoms with van der Waals surface area (Å²) >= 11 is 0. The van der Waals surface area contributed by atoms with Crippen LogP contribution in [0.2, 0.25) is 0 Å². The van der Waals surface area contributed by atoms with Gasteiger partial charge in [0.15, 0.2) is 6.04 Å². The smallest absolute Gasteiger partial charge is 0.408 e. The van der Waals surface area contributed by atoms with Crippen LogP contribution >= 0.6 is 0 Å². The number of benzene rings is 1. The van der Waals surface area contributed by atoms with Gasteiger partial charge in [-0.05, 0) is 25.3 Å². The SMILES string of the molecule is CCOC1(C(NC(=O)OCc2ccccc2)C(=O)O)CCCC1. The second kappa shape index (κ2) is 7.97. The largest absolute Gasteiger partial charge is 0.480 e. The van der Waals surface area contributed by atoms with Crippen LogP contribution in [0, 0.1) is 0 Å². The maximum absolute atomic E-state index is 12.0. The Balaban J connectivity index is 1.98. The number of nitrogens with one attached hydrogen (secondary N) is 1. The second-order valence-corrected chi connectivity index (χ2v) is 5.68. The number of carboxylic acids is 1. The number of carbonyl (C=O) groups is 2. The van der Waals surface area contributed by atoms with E-state index in [9.17, 15) is 14.7 Å². The summed E-state index contributed by atoms with van der Waals surface area (Å²) in [5.41, 5.74) is 0.00159. The van der Waals surface area contributed by atoms with E-state index < -0.39 is 23.7 Å². The van der Waals surface area contributed by atoms with Gasteiger partial charge in [0.25, 0.3) is 0 Å². The average molecular weight is 321 g/mol. The maximum atomic E-state index is 12.0. The van der Waals surface area contributed by atoms with Crippen molar-refractivity contribution in [2.24, 2.45) is 0 Å². The summed E-state index contributed by atoms with van der Waals surface area (Å²) in [6, 6.07) is 8.13. The number of ether oxygens (including phenoxy) is 2. The van der Waals surface area contributed by atoms with Crippen LogP contribution < -0.4 is 5.32 Å². The highest BCUT2D eigenvalue weighted by Gasteiger charge is 2.47. The summed E-state index contributed by atoms with van der Waals surface area (Å²) in [5.74, 6) is -1.10. The lowest BCUT2D eigenvalue weighted by atomic mass is 9.92. The molecule has 1 aliphatic rings. The van der Waals surface area contributed by atoms with Gasteiger partial charge < -0.3 is 19.9 Å². The zero-order valence-corrected chi connectivity index (χ0v) is 13.3. The quantitative estimate of drug-likeness (QED) is 0.806. The minimum atomic E-state index is -1.10.